The number of nitrogens with zero attached hydrogens (tertiary/aromatic N) is 2. The first-order chi connectivity index (χ1) is 8.69. The second-order valence-electron chi connectivity index (χ2n) is 4.54. The lowest BCUT2D eigenvalue weighted by atomic mass is 10.2. The molecule has 0 spiro atoms. The van der Waals surface area contributed by atoms with Crippen LogP contribution in [-0.4, -0.2) is 51.6 Å². The van der Waals surface area contributed by atoms with Crippen molar-refractivity contribution in [1.29, 1.82) is 0 Å². The molecule has 1 fully saturated rings. The minimum atomic E-state index is 0.849. The van der Waals surface area contributed by atoms with Crippen molar-refractivity contribution in [2.75, 3.05) is 40.3 Å². The molecule has 0 radical (unpaired) electrons. The van der Waals surface area contributed by atoms with E-state index in [2.05, 4.69) is 33.1 Å². The van der Waals surface area contributed by atoms with E-state index in [1.165, 1.54) is 0 Å². The summed E-state index contributed by atoms with van der Waals surface area (Å²) >= 11 is 3.47. The van der Waals surface area contributed by atoms with Gasteiger partial charge < -0.3 is 9.64 Å². The normalized spacial score (nSPS) is 17.4. The summed E-state index contributed by atoms with van der Waals surface area (Å²) in [5.74, 6) is 0.849. The quantitative estimate of drug-likeness (QED) is 0.829. The standard InChI is InChI=1S/C13H18BrN3O/c1-16-5-7-17(8-6-16)15-10-11-9-12(14)3-4-13(11)18-2/h3-4,9-10H,5-8H2,1-2H3/p+1/b15-10-. The highest BCUT2D eigenvalue weighted by Gasteiger charge is 2.14. The van der Waals surface area contributed by atoms with Gasteiger partial charge in [-0.2, -0.15) is 5.10 Å². The SMILES string of the molecule is COc1ccc(Br)cc1/C=N\N1CC[NH+](C)CC1. The number of likely N-dealkylation sites (N-methyl/N-ethyl adjacent to an activating group) is 1. The third-order valence-corrected chi connectivity index (χ3v) is 3.64. The van der Waals surface area contributed by atoms with Crippen LogP contribution >= 0.6 is 15.9 Å². The molecule has 2 rings (SSSR count). The minimum absolute atomic E-state index is 0.849. The number of halogens is 1. The molecule has 4 nitrogen and oxygen atoms in total. The molecule has 5 heteroatoms. The van der Waals surface area contributed by atoms with Crippen molar-refractivity contribution in [3.8, 4) is 5.75 Å². The van der Waals surface area contributed by atoms with Gasteiger partial charge in [0.1, 0.15) is 5.75 Å². The molecule has 0 aromatic heterocycles. The Kier molecular flexibility index (Phi) is 4.60. The number of hydrogen-bond acceptors (Lipinski definition) is 3. The average molecular weight is 313 g/mol. The van der Waals surface area contributed by atoms with Gasteiger partial charge in [-0.05, 0) is 18.2 Å². The molecule has 18 heavy (non-hydrogen) atoms. The molecule has 0 atom stereocenters. The number of benzene rings is 1. The molecule has 0 unspecified atom stereocenters. The largest absolute Gasteiger partial charge is 0.496 e. The van der Waals surface area contributed by atoms with E-state index in [0.29, 0.717) is 0 Å². The maximum Gasteiger partial charge on any atom is 0.127 e. The summed E-state index contributed by atoms with van der Waals surface area (Å²) < 4.78 is 6.36. The Bertz CT molecular complexity index is 428. The zero-order valence-corrected chi connectivity index (χ0v) is 12.4. The van der Waals surface area contributed by atoms with Gasteiger partial charge in [0.05, 0.1) is 46.6 Å². The Balaban J connectivity index is 2.06. The molecular formula is C13H19BrN3O+. The fourth-order valence-corrected chi connectivity index (χ4v) is 2.32. The van der Waals surface area contributed by atoms with Crippen LogP contribution in [0, 0.1) is 0 Å². The first kappa shape index (κ1) is 13.4. The number of ether oxygens (including phenoxy) is 1. The molecular weight excluding hydrogens is 294 g/mol. The summed E-state index contributed by atoms with van der Waals surface area (Å²) in [5.41, 5.74) is 0.998. The summed E-state index contributed by atoms with van der Waals surface area (Å²) in [7, 11) is 3.90. The van der Waals surface area contributed by atoms with Crippen molar-refractivity contribution >= 4 is 22.1 Å². The average Bonchev–Trinajstić information content (AvgIpc) is 2.38. The fraction of sp³-hybridized carbons (Fsp3) is 0.462. The lowest BCUT2D eigenvalue weighted by Crippen LogP contribution is -3.11. The van der Waals surface area contributed by atoms with Gasteiger partial charge in [0.15, 0.2) is 0 Å². The van der Waals surface area contributed by atoms with Gasteiger partial charge in [0.25, 0.3) is 0 Å². The number of hydrazone groups is 1. The summed E-state index contributed by atoms with van der Waals surface area (Å²) in [4.78, 5) is 1.57. The van der Waals surface area contributed by atoms with Gasteiger partial charge >= 0.3 is 0 Å². The van der Waals surface area contributed by atoms with Crippen molar-refractivity contribution in [3.05, 3.63) is 28.2 Å². The molecule has 0 amide bonds. The minimum Gasteiger partial charge on any atom is -0.496 e. The van der Waals surface area contributed by atoms with Crippen molar-refractivity contribution in [2.24, 2.45) is 5.10 Å². The highest BCUT2D eigenvalue weighted by atomic mass is 79.9. The molecule has 1 N–H and O–H groups in total. The van der Waals surface area contributed by atoms with E-state index in [0.717, 1.165) is 42.0 Å². The van der Waals surface area contributed by atoms with Crippen molar-refractivity contribution in [1.82, 2.24) is 5.01 Å². The van der Waals surface area contributed by atoms with Gasteiger partial charge in [-0.15, -0.1) is 0 Å². The molecule has 1 aromatic rings. The van der Waals surface area contributed by atoms with Crippen LogP contribution < -0.4 is 9.64 Å². The summed E-state index contributed by atoms with van der Waals surface area (Å²) in [5, 5.41) is 6.65. The Labute approximate surface area is 116 Å². The van der Waals surface area contributed by atoms with Crippen molar-refractivity contribution < 1.29 is 9.64 Å². The second-order valence-corrected chi connectivity index (χ2v) is 5.46. The van der Waals surface area contributed by atoms with Crippen LogP contribution in [0.4, 0.5) is 0 Å². The van der Waals surface area contributed by atoms with Gasteiger partial charge in [-0.3, -0.25) is 5.01 Å². The van der Waals surface area contributed by atoms with Gasteiger partial charge in [0.2, 0.25) is 0 Å². The Morgan fingerprint density at radius 2 is 2.11 bits per heavy atom. The van der Waals surface area contributed by atoms with E-state index < -0.39 is 0 Å². The molecule has 0 saturated carbocycles. The lowest BCUT2D eigenvalue weighted by molar-refractivity contribution is -0.884. The number of nitrogens with one attached hydrogen (secondary N) is 1. The van der Waals surface area contributed by atoms with Crippen LogP contribution in [0.5, 0.6) is 5.75 Å². The Hall–Kier alpha value is -1.07. The molecule has 1 aromatic carbocycles. The van der Waals surface area contributed by atoms with Crippen LogP contribution in [0.3, 0.4) is 0 Å². The molecule has 0 bridgehead atoms. The molecule has 1 heterocycles. The zero-order chi connectivity index (χ0) is 13.0. The maximum atomic E-state index is 5.32. The predicted molar refractivity (Wildman–Crippen MR) is 76.5 cm³/mol. The summed E-state index contributed by atoms with van der Waals surface area (Å²) in [6.07, 6.45) is 1.88. The third-order valence-electron chi connectivity index (χ3n) is 3.15. The Morgan fingerprint density at radius 1 is 1.39 bits per heavy atom. The van der Waals surface area contributed by atoms with Crippen molar-refractivity contribution in [2.45, 2.75) is 0 Å². The van der Waals surface area contributed by atoms with E-state index in [4.69, 9.17) is 4.74 Å². The number of quaternary nitrogens is 1. The highest BCUT2D eigenvalue weighted by molar-refractivity contribution is 9.10. The third kappa shape index (κ3) is 3.46. The topological polar surface area (TPSA) is 29.3 Å². The number of piperazine rings is 1. The second kappa shape index (κ2) is 6.20. The van der Waals surface area contributed by atoms with Crippen LogP contribution in [0.1, 0.15) is 5.56 Å². The monoisotopic (exact) mass is 312 g/mol. The van der Waals surface area contributed by atoms with Crippen molar-refractivity contribution in [3.63, 3.8) is 0 Å². The number of methoxy groups -OCH3 is 1. The number of rotatable bonds is 3. The predicted octanol–water partition coefficient (Wildman–Crippen LogP) is 0.622. The van der Waals surface area contributed by atoms with Gasteiger partial charge in [0, 0.05) is 10.0 Å². The molecule has 0 aliphatic carbocycles. The zero-order valence-electron chi connectivity index (χ0n) is 10.8. The first-order valence-corrected chi connectivity index (χ1v) is 6.92. The van der Waals surface area contributed by atoms with E-state index in [1.807, 2.05) is 24.4 Å². The van der Waals surface area contributed by atoms with E-state index in [1.54, 1.807) is 12.0 Å². The smallest absolute Gasteiger partial charge is 0.127 e. The molecule has 1 saturated heterocycles. The lowest BCUT2D eigenvalue weighted by Gasteiger charge is -2.27. The molecule has 1 aliphatic heterocycles. The summed E-state index contributed by atoms with van der Waals surface area (Å²) in [6.45, 7) is 4.32. The number of hydrogen-bond donors (Lipinski definition) is 1. The molecule has 98 valence electrons. The van der Waals surface area contributed by atoms with Crippen LogP contribution in [0.15, 0.2) is 27.8 Å². The van der Waals surface area contributed by atoms with E-state index in [-0.39, 0.29) is 0 Å². The van der Waals surface area contributed by atoms with Gasteiger partial charge in [-0.1, -0.05) is 15.9 Å². The summed E-state index contributed by atoms with van der Waals surface area (Å²) in [6, 6.07) is 5.93. The van der Waals surface area contributed by atoms with E-state index in [9.17, 15) is 0 Å². The van der Waals surface area contributed by atoms with Crippen LogP contribution in [-0.2, 0) is 0 Å². The highest BCUT2D eigenvalue weighted by Crippen LogP contribution is 2.21. The fourth-order valence-electron chi connectivity index (χ4n) is 1.94. The molecule has 1 aliphatic rings. The van der Waals surface area contributed by atoms with Gasteiger partial charge in [-0.25, -0.2) is 0 Å². The first-order valence-electron chi connectivity index (χ1n) is 6.13. The van der Waals surface area contributed by atoms with E-state index >= 15 is 0 Å². The van der Waals surface area contributed by atoms with Crippen LogP contribution in [0.25, 0.3) is 0 Å². The Morgan fingerprint density at radius 3 is 2.78 bits per heavy atom. The maximum absolute atomic E-state index is 5.32. The van der Waals surface area contributed by atoms with Crippen LogP contribution in [0.2, 0.25) is 0 Å².